The van der Waals surface area contributed by atoms with E-state index in [2.05, 4.69) is 22.1 Å². The summed E-state index contributed by atoms with van der Waals surface area (Å²) in [6.45, 7) is 7.57. The van der Waals surface area contributed by atoms with Gasteiger partial charge < -0.3 is 15.1 Å². The van der Waals surface area contributed by atoms with Crippen molar-refractivity contribution < 1.29 is 4.79 Å². The Morgan fingerprint density at radius 1 is 1.50 bits per heavy atom. The molecule has 122 valence electrons. The smallest absolute Gasteiger partial charge is 0.317 e. The van der Waals surface area contributed by atoms with Gasteiger partial charge in [0.05, 0.1) is 6.04 Å². The molecule has 0 unspecified atom stereocenters. The monoisotopic (exact) mass is 304 g/mol. The highest BCUT2D eigenvalue weighted by molar-refractivity contribution is 5.74. The predicted molar refractivity (Wildman–Crippen MR) is 88.7 cm³/mol. The van der Waals surface area contributed by atoms with Crippen molar-refractivity contribution >= 4 is 6.03 Å². The molecule has 0 spiro atoms. The first-order valence-electron chi connectivity index (χ1n) is 8.27. The second-order valence-electron chi connectivity index (χ2n) is 6.14. The molecular weight excluding hydrogens is 276 g/mol. The third-order valence-corrected chi connectivity index (χ3v) is 4.52. The zero-order valence-corrected chi connectivity index (χ0v) is 14.0. The fraction of sp³-hybridized carbons (Fsp3) is 0.647. The van der Waals surface area contributed by atoms with Crippen molar-refractivity contribution in [3.63, 3.8) is 0 Å². The van der Waals surface area contributed by atoms with Gasteiger partial charge in [0, 0.05) is 38.6 Å². The summed E-state index contributed by atoms with van der Waals surface area (Å²) in [5.74, 6) is 0. The largest absolute Gasteiger partial charge is 0.335 e. The summed E-state index contributed by atoms with van der Waals surface area (Å²) in [7, 11) is 1.85. The van der Waals surface area contributed by atoms with E-state index in [0.717, 1.165) is 31.5 Å². The first kappa shape index (κ1) is 16.7. The highest BCUT2D eigenvalue weighted by Gasteiger charge is 2.23. The van der Waals surface area contributed by atoms with Crippen molar-refractivity contribution in [2.75, 3.05) is 26.7 Å². The van der Waals surface area contributed by atoms with E-state index in [1.54, 1.807) is 11.1 Å². The van der Waals surface area contributed by atoms with Gasteiger partial charge in [0.2, 0.25) is 0 Å². The van der Waals surface area contributed by atoms with Crippen LogP contribution in [-0.2, 0) is 0 Å². The number of rotatable bonds is 5. The number of likely N-dealkylation sites (tertiary alicyclic amines) is 1. The van der Waals surface area contributed by atoms with Gasteiger partial charge in [-0.3, -0.25) is 4.98 Å². The molecule has 1 aliphatic rings. The molecule has 1 aromatic heterocycles. The number of aromatic nitrogens is 1. The third kappa shape index (κ3) is 4.44. The van der Waals surface area contributed by atoms with E-state index in [1.807, 2.05) is 32.3 Å². The molecular formula is C17H28N4O. The minimum absolute atomic E-state index is 0.00490. The SMILES string of the molecule is CCCN1CCC(NC(=O)N(C)[C@H](C)c2cccnc2)CC1. The van der Waals surface area contributed by atoms with Crippen LogP contribution < -0.4 is 5.32 Å². The van der Waals surface area contributed by atoms with Gasteiger partial charge in [-0.1, -0.05) is 13.0 Å². The molecule has 0 radical (unpaired) electrons. The van der Waals surface area contributed by atoms with Crippen LogP contribution in [0.5, 0.6) is 0 Å². The molecule has 0 bridgehead atoms. The normalized spacial score (nSPS) is 18.0. The van der Waals surface area contributed by atoms with Gasteiger partial charge in [-0.15, -0.1) is 0 Å². The average molecular weight is 304 g/mol. The second-order valence-corrected chi connectivity index (χ2v) is 6.14. The molecule has 1 aromatic rings. The van der Waals surface area contributed by atoms with E-state index in [-0.39, 0.29) is 12.1 Å². The van der Waals surface area contributed by atoms with Gasteiger partial charge in [-0.05, 0) is 44.4 Å². The lowest BCUT2D eigenvalue weighted by Gasteiger charge is -2.34. The predicted octanol–water partition coefficient (Wildman–Crippen LogP) is 2.66. The Balaban J connectivity index is 1.82. The lowest BCUT2D eigenvalue weighted by atomic mass is 10.0. The molecule has 2 heterocycles. The topological polar surface area (TPSA) is 48.5 Å². The van der Waals surface area contributed by atoms with Crippen LogP contribution in [0.25, 0.3) is 0 Å². The van der Waals surface area contributed by atoms with Gasteiger partial charge in [0.1, 0.15) is 0 Å². The summed E-state index contributed by atoms with van der Waals surface area (Å²) < 4.78 is 0. The Morgan fingerprint density at radius 3 is 2.82 bits per heavy atom. The van der Waals surface area contributed by atoms with Crippen LogP contribution in [0, 0.1) is 0 Å². The number of pyridine rings is 1. The summed E-state index contributed by atoms with van der Waals surface area (Å²) in [5, 5.41) is 3.17. The molecule has 1 N–H and O–H groups in total. The number of nitrogens with zero attached hydrogens (tertiary/aromatic N) is 3. The van der Waals surface area contributed by atoms with Crippen molar-refractivity contribution in [3.05, 3.63) is 30.1 Å². The summed E-state index contributed by atoms with van der Waals surface area (Å²) >= 11 is 0. The molecule has 5 nitrogen and oxygen atoms in total. The van der Waals surface area contributed by atoms with Crippen molar-refractivity contribution in [3.8, 4) is 0 Å². The standard InChI is InChI=1S/C17H28N4O/c1-4-10-21-11-7-16(8-12-21)19-17(22)20(3)14(2)15-6-5-9-18-13-15/h5-6,9,13-14,16H,4,7-8,10-12H2,1-3H3,(H,19,22)/t14-/m1/s1. The molecule has 1 fully saturated rings. The summed E-state index contributed by atoms with van der Waals surface area (Å²) in [4.78, 5) is 20.8. The maximum Gasteiger partial charge on any atom is 0.317 e. The van der Waals surface area contributed by atoms with Gasteiger partial charge in [-0.25, -0.2) is 4.79 Å². The number of hydrogen-bond acceptors (Lipinski definition) is 3. The first-order chi connectivity index (χ1) is 10.6. The van der Waals surface area contributed by atoms with E-state index < -0.39 is 0 Å². The van der Waals surface area contributed by atoms with Gasteiger partial charge in [0.15, 0.2) is 0 Å². The highest BCUT2D eigenvalue weighted by atomic mass is 16.2. The number of hydrogen-bond donors (Lipinski definition) is 1. The zero-order chi connectivity index (χ0) is 15.9. The number of carbonyl (C=O) groups is 1. The fourth-order valence-electron chi connectivity index (χ4n) is 2.92. The molecule has 5 heteroatoms. The van der Waals surface area contributed by atoms with E-state index in [9.17, 15) is 4.79 Å². The van der Waals surface area contributed by atoms with Crippen LogP contribution in [0.2, 0.25) is 0 Å². The number of nitrogens with one attached hydrogen (secondary N) is 1. The third-order valence-electron chi connectivity index (χ3n) is 4.52. The Hall–Kier alpha value is -1.62. The Bertz CT molecular complexity index is 457. The fourth-order valence-corrected chi connectivity index (χ4v) is 2.92. The zero-order valence-electron chi connectivity index (χ0n) is 14.0. The van der Waals surface area contributed by atoms with Crippen LogP contribution in [-0.4, -0.2) is 53.5 Å². The molecule has 22 heavy (non-hydrogen) atoms. The summed E-state index contributed by atoms with van der Waals surface area (Å²) in [5.41, 5.74) is 1.05. The van der Waals surface area contributed by atoms with Crippen molar-refractivity contribution in [1.82, 2.24) is 20.1 Å². The van der Waals surface area contributed by atoms with Crippen molar-refractivity contribution in [2.24, 2.45) is 0 Å². The summed E-state index contributed by atoms with van der Waals surface area (Å²) in [6, 6.07) is 4.23. The molecule has 0 aromatic carbocycles. The maximum atomic E-state index is 12.4. The maximum absolute atomic E-state index is 12.4. The lowest BCUT2D eigenvalue weighted by Crippen LogP contribution is -2.48. The van der Waals surface area contributed by atoms with Gasteiger partial charge in [-0.2, -0.15) is 0 Å². The van der Waals surface area contributed by atoms with Crippen molar-refractivity contribution in [2.45, 2.75) is 45.2 Å². The molecule has 1 atom stereocenters. The van der Waals surface area contributed by atoms with Crippen LogP contribution in [0.4, 0.5) is 4.79 Å². The minimum Gasteiger partial charge on any atom is -0.335 e. The quantitative estimate of drug-likeness (QED) is 0.910. The van der Waals surface area contributed by atoms with Crippen LogP contribution in [0.3, 0.4) is 0 Å². The molecule has 0 saturated carbocycles. The Labute approximate surface area is 133 Å². The summed E-state index contributed by atoms with van der Waals surface area (Å²) in [6.07, 6.45) is 6.85. The van der Waals surface area contributed by atoms with Gasteiger partial charge >= 0.3 is 6.03 Å². The van der Waals surface area contributed by atoms with Crippen LogP contribution >= 0.6 is 0 Å². The second kappa shape index (κ2) is 8.13. The number of amides is 2. The molecule has 2 rings (SSSR count). The Kier molecular flexibility index (Phi) is 6.19. The first-order valence-corrected chi connectivity index (χ1v) is 8.27. The molecule has 2 amide bonds. The molecule has 1 saturated heterocycles. The van der Waals surface area contributed by atoms with E-state index in [4.69, 9.17) is 0 Å². The number of carbonyl (C=O) groups excluding carboxylic acids is 1. The lowest BCUT2D eigenvalue weighted by molar-refractivity contribution is 0.170. The average Bonchev–Trinajstić information content (AvgIpc) is 2.56. The number of urea groups is 1. The van der Waals surface area contributed by atoms with Crippen LogP contribution in [0.15, 0.2) is 24.5 Å². The minimum atomic E-state index is 0.00490. The highest BCUT2D eigenvalue weighted by Crippen LogP contribution is 2.18. The van der Waals surface area contributed by atoms with Crippen LogP contribution in [0.1, 0.15) is 44.7 Å². The van der Waals surface area contributed by atoms with E-state index >= 15 is 0 Å². The number of piperidine rings is 1. The molecule has 1 aliphatic heterocycles. The van der Waals surface area contributed by atoms with Gasteiger partial charge in [0.25, 0.3) is 0 Å². The van der Waals surface area contributed by atoms with Crippen molar-refractivity contribution in [1.29, 1.82) is 0 Å². The Morgan fingerprint density at radius 2 is 2.23 bits per heavy atom. The van der Waals surface area contributed by atoms with E-state index in [1.165, 1.54) is 13.0 Å². The van der Waals surface area contributed by atoms with E-state index in [0.29, 0.717) is 6.04 Å². The molecule has 0 aliphatic carbocycles.